The van der Waals surface area contributed by atoms with Gasteiger partial charge in [0.25, 0.3) is 0 Å². The first-order valence-corrected chi connectivity index (χ1v) is 11.3. The minimum Gasteiger partial charge on any atom is -0.490 e. The molecule has 0 aliphatic heterocycles. The Morgan fingerprint density at radius 2 is 1.81 bits per heavy atom. The van der Waals surface area contributed by atoms with Gasteiger partial charge in [-0.1, -0.05) is 45.6 Å². The van der Waals surface area contributed by atoms with Gasteiger partial charge in [0.1, 0.15) is 5.39 Å². The Labute approximate surface area is 180 Å². The maximum atomic E-state index is 14.8. The van der Waals surface area contributed by atoms with E-state index in [1.165, 1.54) is 12.1 Å². The standard InChI is InChI=1S/C24H31F3O4/c1-3-5-7-16-8-11-18(12-9-16)31-24(26,27)20-15-17-10-13-19(29-14-6-4-2)22(25)21(17)23(28)30-20/h10,13,15-16,18H,3-9,11-12,14H2,1-2H3. The maximum Gasteiger partial charge on any atom is 0.416 e. The zero-order chi connectivity index (χ0) is 22.4. The van der Waals surface area contributed by atoms with Crippen LogP contribution in [0.1, 0.15) is 77.4 Å². The molecule has 0 bridgehead atoms. The van der Waals surface area contributed by atoms with Gasteiger partial charge in [-0.25, -0.2) is 9.18 Å². The molecule has 0 saturated heterocycles. The van der Waals surface area contributed by atoms with Gasteiger partial charge in [0.05, 0.1) is 12.7 Å². The van der Waals surface area contributed by atoms with E-state index in [0.717, 1.165) is 51.0 Å². The highest BCUT2D eigenvalue weighted by Crippen LogP contribution is 2.38. The Morgan fingerprint density at radius 1 is 1.10 bits per heavy atom. The SMILES string of the molecule is CCCCOc1ccc2cc(C(F)(F)OC3CCC(CCCC)CC3)oc(=O)c2c1F. The van der Waals surface area contributed by atoms with E-state index in [4.69, 9.17) is 13.9 Å². The van der Waals surface area contributed by atoms with Gasteiger partial charge >= 0.3 is 11.7 Å². The fraction of sp³-hybridized carbons (Fsp3) is 0.625. The van der Waals surface area contributed by atoms with Crippen LogP contribution in [0.4, 0.5) is 13.2 Å². The molecule has 1 aromatic heterocycles. The van der Waals surface area contributed by atoms with Gasteiger partial charge in [-0.15, -0.1) is 0 Å². The largest absolute Gasteiger partial charge is 0.490 e. The van der Waals surface area contributed by atoms with Crippen LogP contribution >= 0.6 is 0 Å². The first kappa shape index (κ1) is 23.6. The zero-order valence-corrected chi connectivity index (χ0v) is 18.2. The van der Waals surface area contributed by atoms with E-state index in [2.05, 4.69) is 6.92 Å². The van der Waals surface area contributed by atoms with E-state index in [1.807, 2.05) is 6.92 Å². The van der Waals surface area contributed by atoms with Gasteiger partial charge in [0.2, 0.25) is 5.76 Å². The van der Waals surface area contributed by atoms with Crippen LogP contribution in [0.25, 0.3) is 10.8 Å². The summed E-state index contributed by atoms with van der Waals surface area (Å²) in [5, 5.41) is -0.372. The molecule has 0 amide bonds. The molecule has 1 aliphatic rings. The van der Waals surface area contributed by atoms with Crippen molar-refractivity contribution in [3.05, 3.63) is 40.2 Å². The van der Waals surface area contributed by atoms with Crippen LogP contribution in [0.15, 0.2) is 27.4 Å². The number of rotatable bonds is 10. The molecule has 0 unspecified atom stereocenters. The van der Waals surface area contributed by atoms with Crippen molar-refractivity contribution in [2.45, 2.75) is 83.8 Å². The molecule has 1 aliphatic carbocycles. The van der Waals surface area contributed by atoms with Gasteiger partial charge in [0, 0.05) is 0 Å². The molecular formula is C24H31F3O4. The monoisotopic (exact) mass is 440 g/mol. The smallest absolute Gasteiger partial charge is 0.416 e. The van der Waals surface area contributed by atoms with Crippen LogP contribution in [0.3, 0.4) is 0 Å². The van der Waals surface area contributed by atoms with E-state index in [1.54, 1.807) is 0 Å². The summed E-state index contributed by atoms with van der Waals surface area (Å²) < 4.78 is 59.4. The van der Waals surface area contributed by atoms with E-state index < -0.39 is 34.8 Å². The quantitative estimate of drug-likeness (QED) is 0.376. The number of benzene rings is 1. The highest BCUT2D eigenvalue weighted by atomic mass is 19.3. The zero-order valence-electron chi connectivity index (χ0n) is 18.2. The lowest BCUT2D eigenvalue weighted by Gasteiger charge is -2.30. The molecular weight excluding hydrogens is 409 g/mol. The van der Waals surface area contributed by atoms with E-state index in [9.17, 15) is 18.0 Å². The lowest BCUT2D eigenvalue weighted by atomic mass is 9.84. The Kier molecular flexibility index (Phi) is 8.03. The first-order chi connectivity index (χ1) is 14.9. The first-order valence-electron chi connectivity index (χ1n) is 11.3. The molecule has 31 heavy (non-hydrogen) atoms. The Balaban J connectivity index is 1.74. The second-order valence-corrected chi connectivity index (χ2v) is 8.36. The van der Waals surface area contributed by atoms with Gasteiger partial charge in [0.15, 0.2) is 11.6 Å². The Hall–Kier alpha value is -2.02. The molecule has 1 aromatic carbocycles. The number of ether oxygens (including phenoxy) is 2. The maximum absolute atomic E-state index is 14.8. The molecule has 3 rings (SSSR count). The topological polar surface area (TPSA) is 48.7 Å². The number of halogens is 3. The molecule has 1 heterocycles. The Bertz CT molecular complexity index is 917. The summed E-state index contributed by atoms with van der Waals surface area (Å²) in [5.74, 6) is -1.34. The van der Waals surface area contributed by atoms with Crippen molar-refractivity contribution in [1.29, 1.82) is 0 Å². The predicted molar refractivity (Wildman–Crippen MR) is 113 cm³/mol. The third-order valence-corrected chi connectivity index (χ3v) is 5.95. The molecule has 172 valence electrons. The van der Waals surface area contributed by atoms with E-state index in [-0.39, 0.29) is 11.1 Å². The van der Waals surface area contributed by atoms with Crippen molar-refractivity contribution in [2.75, 3.05) is 6.61 Å². The summed E-state index contributed by atoms with van der Waals surface area (Å²) in [6.45, 7) is 4.41. The van der Waals surface area contributed by atoms with E-state index in [0.29, 0.717) is 25.4 Å². The molecule has 0 atom stereocenters. The minimum atomic E-state index is -3.76. The normalized spacial score (nSPS) is 19.6. The molecule has 1 fully saturated rings. The number of hydrogen-bond donors (Lipinski definition) is 0. The highest BCUT2D eigenvalue weighted by Gasteiger charge is 2.40. The molecule has 0 radical (unpaired) electrons. The molecule has 1 saturated carbocycles. The van der Waals surface area contributed by atoms with Crippen LogP contribution < -0.4 is 10.4 Å². The summed E-state index contributed by atoms with van der Waals surface area (Å²) in [5.41, 5.74) is -1.17. The summed E-state index contributed by atoms with van der Waals surface area (Å²) in [6.07, 6.45) is 3.45. The summed E-state index contributed by atoms with van der Waals surface area (Å²) in [6, 6.07) is 3.70. The fourth-order valence-corrected chi connectivity index (χ4v) is 4.10. The van der Waals surface area contributed by atoms with Crippen LogP contribution in [-0.2, 0) is 10.8 Å². The predicted octanol–water partition coefficient (Wildman–Crippen LogP) is 6.93. The third-order valence-electron chi connectivity index (χ3n) is 5.95. The van der Waals surface area contributed by atoms with Crippen LogP contribution in [-0.4, -0.2) is 12.7 Å². The molecule has 2 aromatic rings. The van der Waals surface area contributed by atoms with Gasteiger partial charge in [-0.05, 0) is 55.5 Å². The van der Waals surface area contributed by atoms with Crippen molar-refractivity contribution >= 4 is 10.8 Å². The van der Waals surface area contributed by atoms with E-state index >= 15 is 0 Å². The number of hydrogen-bond acceptors (Lipinski definition) is 4. The highest BCUT2D eigenvalue weighted by molar-refractivity contribution is 5.83. The second kappa shape index (κ2) is 10.5. The third kappa shape index (κ3) is 5.82. The lowest BCUT2D eigenvalue weighted by Crippen LogP contribution is -2.30. The summed E-state index contributed by atoms with van der Waals surface area (Å²) >= 11 is 0. The number of fused-ring (bicyclic) bond motifs is 1. The number of unbranched alkanes of at least 4 members (excludes halogenated alkanes) is 2. The molecule has 7 heteroatoms. The average molecular weight is 441 g/mol. The fourth-order valence-electron chi connectivity index (χ4n) is 4.10. The van der Waals surface area contributed by atoms with Crippen LogP contribution in [0.2, 0.25) is 0 Å². The lowest BCUT2D eigenvalue weighted by molar-refractivity contribution is -0.287. The molecule has 4 nitrogen and oxygen atoms in total. The van der Waals surface area contributed by atoms with Gasteiger partial charge in [-0.2, -0.15) is 8.78 Å². The number of alkyl halides is 2. The Morgan fingerprint density at radius 3 is 2.48 bits per heavy atom. The second-order valence-electron chi connectivity index (χ2n) is 8.36. The summed E-state index contributed by atoms with van der Waals surface area (Å²) in [4.78, 5) is 12.3. The minimum absolute atomic E-state index is 0.0261. The molecule has 0 N–H and O–H groups in total. The van der Waals surface area contributed by atoms with Crippen LogP contribution in [0, 0.1) is 11.7 Å². The average Bonchev–Trinajstić information content (AvgIpc) is 2.74. The van der Waals surface area contributed by atoms with Gasteiger partial charge in [-0.3, -0.25) is 0 Å². The van der Waals surface area contributed by atoms with Crippen molar-refractivity contribution < 1.29 is 27.1 Å². The van der Waals surface area contributed by atoms with Crippen molar-refractivity contribution in [2.24, 2.45) is 5.92 Å². The van der Waals surface area contributed by atoms with Gasteiger partial charge < -0.3 is 13.9 Å². The van der Waals surface area contributed by atoms with Crippen molar-refractivity contribution in [3.63, 3.8) is 0 Å². The molecule has 0 spiro atoms. The summed E-state index contributed by atoms with van der Waals surface area (Å²) in [7, 11) is 0. The van der Waals surface area contributed by atoms with Crippen LogP contribution in [0.5, 0.6) is 5.75 Å². The van der Waals surface area contributed by atoms with Crippen molar-refractivity contribution in [1.82, 2.24) is 0 Å². The van der Waals surface area contributed by atoms with Crippen molar-refractivity contribution in [3.8, 4) is 5.75 Å².